The number of hydrogen-bond acceptors (Lipinski definition) is 5. The maximum atomic E-state index is 12.2. The van der Waals surface area contributed by atoms with E-state index >= 15 is 0 Å². The second kappa shape index (κ2) is 8.87. The van der Waals surface area contributed by atoms with Gasteiger partial charge in [0, 0.05) is 11.1 Å². The number of benzene rings is 3. The Morgan fingerprint density at radius 3 is 2.27 bits per heavy atom. The van der Waals surface area contributed by atoms with Gasteiger partial charge in [-0.3, -0.25) is 4.79 Å². The lowest BCUT2D eigenvalue weighted by atomic mass is 10.2. The molecule has 0 spiro atoms. The van der Waals surface area contributed by atoms with E-state index in [9.17, 15) is 9.59 Å². The van der Waals surface area contributed by atoms with Crippen molar-refractivity contribution in [1.29, 1.82) is 0 Å². The molecule has 30 heavy (non-hydrogen) atoms. The molecular formula is C24H18N2O4. The molecule has 0 aliphatic rings. The molecule has 0 aliphatic carbocycles. The van der Waals surface area contributed by atoms with Crippen LogP contribution in [0.15, 0.2) is 91.0 Å². The number of ether oxygens (including phenoxy) is 2. The van der Waals surface area contributed by atoms with Crippen LogP contribution in [0.2, 0.25) is 0 Å². The molecule has 0 saturated heterocycles. The molecule has 0 aliphatic heterocycles. The minimum absolute atomic E-state index is 0.156. The fourth-order valence-corrected chi connectivity index (χ4v) is 2.81. The highest BCUT2D eigenvalue weighted by Crippen LogP contribution is 2.22. The Hall–Kier alpha value is -4.19. The third-order valence-corrected chi connectivity index (χ3v) is 4.26. The summed E-state index contributed by atoms with van der Waals surface area (Å²) in [5.74, 6) is 0.278. The average molecular weight is 398 g/mol. The van der Waals surface area contributed by atoms with Crippen LogP contribution in [0.4, 0.5) is 5.69 Å². The highest BCUT2D eigenvalue weighted by Gasteiger charge is 2.12. The summed E-state index contributed by atoms with van der Waals surface area (Å²) in [6, 6.07) is 27.1. The van der Waals surface area contributed by atoms with Crippen LogP contribution in [0.5, 0.6) is 11.5 Å². The summed E-state index contributed by atoms with van der Waals surface area (Å²) < 4.78 is 10.8. The maximum Gasteiger partial charge on any atom is 0.357 e. The first-order valence-corrected chi connectivity index (χ1v) is 9.33. The molecule has 0 radical (unpaired) electrons. The largest absolute Gasteiger partial charge is 0.457 e. The van der Waals surface area contributed by atoms with Crippen LogP contribution >= 0.6 is 0 Å². The minimum Gasteiger partial charge on any atom is -0.457 e. The molecule has 1 heterocycles. The van der Waals surface area contributed by atoms with Crippen molar-refractivity contribution in [3.8, 4) is 11.5 Å². The number of nitrogens with zero attached hydrogens (tertiary/aromatic N) is 1. The molecule has 0 unspecified atom stereocenters. The minimum atomic E-state index is -0.650. The standard InChI is InChI=1S/C24H18N2O4/c27-23(16-29-24(28)22-15-10-17-6-4-5-9-21(17)26-22)25-18-11-13-20(14-12-18)30-19-7-2-1-3-8-19/h1-15H,16H2,(H,25,27). The highest BCUT2D eigenvalue weighted by atomic mass is 16.5. The van der Waals surface area contributed by atoms with Crippen LogP contribution in [0, 0.1) is 0 Å². The molecule has 0 fully saturated rings. The van der Waals surface area contributed by atoms with Gasteiger partial charge in [-0.15, -0.1) is 0 Å². The van der Waals surface area contributed by atoms with Gasteiger partial charge in [-0.1, -0.05) is 42.5 Å². The van der Waals surface area contributed by atoms with E-state index in [4.69, 9.17) is 9.47 Å². The predicted octanol–water partition coefficient (Wildman–Crippen LogP) is 4.82. The molecule has 4 aromatic rings. The maximum absolute atomic E-state index is 12.2. The van der Waals surface area contributed by atoms with E-state index in [-0.39, 0.29) is 5.69 Å². The lowest BCUT2D eigenvalue weighted by Crippen LogP contribution is -2.21. The summed E-state index contributed by atoms with van der Waals surface area (Å²) >= 11 is 0. The van der Waals surface area contributed by atoms with E-state index in [0.717, 1.165) is 11.1 Å². The van der Waals surface area contributed by atoms with Gasteiger partial charge >= 0.3 is 5.97 Å². The van der Waals surface area contributed by atoms with Gasteiger partial charge in [-0.25, -0.2) is 9.78 Å². The van der Waals surface area contributed by atoms with Crippen molar-refractivity contribution in [1.82, 2.24) is 4.98 Å². The number of nitrogens with one attached hydrogen (secondary N) is 1. The van der Waals surface area contributed by atoms with Gasteiger partial charge in [0.1, 0.15) is 17.2 Å². The number of para-hydroxylation sites is 2. The van der Waals surface area contributed by atoms with Crippen LogP contribution in [0.3, 0.4) is 0 Å². The molecule has 1 N–H and O–H groups in total. The topological polar surface area (TPSA) is 77.5 Å². The first kappa shape index (κ1) is 19.1. The summed E-state index contributed by atoms with van der Waals surface area (Å²) in [6.07, 6.45) is 0. The molecule has 148 valence electrons. The Bertz CT molecular complexity index is 1170. The first-order chi connectivity index (χ1) is 14.7. The number of hydrogen-bond donors (Lipinski definition) is 1. The van der Waals surface area contributed by atoms with Crippen LogP contribution in [-0.2, 0) is 9.53 Å². The highest BCUT2D eigenvalue weighted by molar-refractivity contribution is 5.95. The quantitative estimate of drug-likeness (QED) is 0.471. The van der Waals surface area contributed by atoms with Gasteiger partial charge in [0.25, 0.3) is 5.91 Å². The first-order valence-electron chi connectivity index (χ1n) is 9.33. The number of esters is 1. The van der Waals surface area contributed by atoms with Crippen molar-refractivity contribution in [3.63, 3.8) is 0 Å². The Labute approximate surface area is 173 Å². The van der Waals surface area contributed by atoms with Crippen LogP contribution < -0.4 is 10.1 Å². The monoisotopic (exact) mass is 398 g/mol. The van der Waals surface area contributed by atoms with Gasteiger partial charge in [0.05, 0.1) is 5.52 Å². The Morgan fingerprint density at radius 2 is 1.47 bits per heavy atom. The van der Waals surface area contributed by atoms with Crippen molar-refractivity contribution in [2.24, 2.45) is 0 Å². The number of fused-ring (bicyclic) bond motifs is 1. The fourth-order valence-electron chi connectivity index (χ4n) is 2.81. The van der Waals surface area contributed by atoms with E-state index < -0.39 is 18.5 Å². The molecule has 0 atom stereocenters. The molecule has 6 heteroatoms. The summed E-state index contributed by atoms with van der Waals surface area (Å²) in [7, 11) is 0. The smallest absolute Gasteiger partial charge is 0.357 e. The number of pyridine rings is 1. The second-order valence-electron chi connectivity index (χ2n) is 6.45. The van der Waals surface area contributed by atoms with Gasteiger partial charge < -0.3 is 14.8 Å². The average Bonchev–Trinajstić information content (AvgIpc) is 2.79. The molecular weight excluding hydrogens is 380 g/mol. The fraction of sp³-hybridized carbons (Fsp3) is 0.0417. The zero-order valence-electron chi connectivity index (χ0n) is 15.9. The molecule has 0 bridgehead atoms. The Balaban J connectivity index is 1.30. The number of anilines is 1. The van der Waals surface area contributed by atoms with E-state index in [1.54, 1.807) is 36.4 Å². The normalized spacial score (nSPS) is 10.4. The molecule has 4 rings (SSSR count). The van der Waals surface area contributed by atoms with Gasteiger partial charge in [0.15, 0.2) is 6.61 Å². The van der Waals surface area contributed by atoms with E-state index in [0.29, 0.717) is 17.0 Å². The number of carbonyl (C=O) groups is 2. The summed E-state index contributed by atoms with van der Waals surface area (Å²) in [5.41, 5.74) is 1.42. The molecule has 6 nitrogen and oxygen atoms in total. The summed E-state index contributed by atoms with van der Waals surface area (Å²) in [5, 5.41) is 3.60. The van der Waals surface area contributed by atoms with Crippen LogP contribution in [-0.4, -0.2) is 23.5 Å². The third-order valence-electron chi connectivity index (χ3n) is 4.26. The van der Waals surface area contributed by atoms with E-state index in [1.165, 1.54) is 0 Å². The van der Waals surface area contributed by atoms with E-state index in [1.807, 2.05) is 54.6 Å². The summed E-state index contributed by atoms with van der Waals surface area (Å²) in [4.78, 5) is 28.5. The molecule has 1 amide bonds. The van der Waals surface area contributed by atoms with Crippen LogP contribution in [0.1, 0.15) is 10.5 Å². The SMILES string of the molecule is O=C(COC(=O)c1ccc2ccccc2n1)Nc1ccc(Oc2ccccc2)cc1. The zero-order chi connectivity index (χ0) is 20.8. The zero-order valence-corrected chi connectivity index (χ0v) is 15.9. The lowest BCUT2D eigenvalue weighted by molar-refractivity contribution is -0.119. The summed E-state index contributed by atoms with van der Waals surface area (Å²) in [6.45, 7) is -0.407. The van der Waals surface area contributed by atoms with Gasteiger partial charge in [0.2, 0.25) is 0 Å². The van der Waals surface area contributed by atoms with Gasteiger partial charge in [-0.2, -0.15) is 0 Å². The van der Waals surface area contributed by atoms with Gasteiger partial charge in [-0.05, 0) is 48.5 Å². The van der Waals surface area contributed by atoms with Crippen molar-refractivity contribution in [2.45, 2.75) is 0 Å². The third kappa shape index (κ3) is 4.80. The molecule has 0 saturated carbocycles. The number of rotatable bonds is 6. The van der Waals surface area contributed by atoms with Crippen molar-refractivity contribution < 1.29 is 19.1 Å². The predicted molar refractivity (Wildman–Crippen MR) is 114 cm³/mol. The van der Waals surface area contributed by atoms with Crippen molar-refractivity contribution in [3.05, 3.63) is 96.7 Å². The number of aromatic nitrogens is 1. The van der Waals surface area contributed by atoms with Crippen molar-refractivity contribution in [2.75, 3.05) is 11.9 Å². The molecule has 1 aromatic heterocycles. The van der Waals surface area contributed by atoms with E-state index in [2.05, 4.69) is 10.3 Å². The van der Waals surface area contributed by atoms with Crippen LogP contribution in [0.25, 0.3) is 10.9 Å². The Kier molecular flexibility index (Phi) is 5.66. The van der Waals surface area contributed by atoms with Crippen molar-refractivity contribution >= 4 is 28.5 Å². The molecule has 3 aromatic carbocycles. The number of amides is 1. The Morgan fingerprint density at radius 1 is 0.767 bits per heavy atom. The number of carbonyl (C=O) groups excluding carboxylic acids is 2. The second-order valence-corrected chi connectivity index (χ2v) is 6.45. The lowest BCUT2D eigenvalue weighted by Gasteiger charge is -2.09.